The van der Waals surface area contributed by atoms with Crippen LogP contribution in [0, 0.1) is 0 Å². The summed E-state index contributed by atoms with van der Waals surface area (Å²) in [5, 5.41) is 7.58. The van der Waals surface area contributed by atoms with Gasteiger partial charge in [-0.15, -0.1) is 0 Å². The first-order chi connectivity index (χ1) is 27.0. The number of piperidine rings is 1. The molecule has 18 heteroatoms. The Morgan fingerprint density at radius 2 is 1.61 bits per heavy atom. The fraction of sp³-hybridized carbons (Fsp3) is 0.316. The third kappa shape index (κ3) is 10.1. The number of benzene rings is 2. The van der Waals surface area contributed by atoms with Crippen molar-refractivity contribution in [1.29, 1.82) is 0 Å². The van der Waals surface area contributed by atoms with Crippen LogP contribution in [0.25, 0.3) is 11.3 Å². The molecule has 0 radical (unpaired) electrons. The predicted octanol–water partition coefficient (Wildman–Crippen LogP) is 2.10. The molecule has 0 aliphatic carbocycles. The number of unbranched alkanes of at least 4 members (excludes halogenated alkanes) is 2. The van der Waals surface area contributed by atoms with Crippen molar-refractivity contribution in [1.82, 2.24) is 35.2 Å². The van der Waals surface area contributed by atoms with Crippen LogP contribution >= 0.6 is 0 Å². The molecule has 2 aliphatic rings. The number of anilines is 3. The van der Waals surface area contributed by atoms with Gasteiger partial charge in [-0.25, -0.2) is 28.1 Å². The molecule has 292 valence electrons. The first-order valence-electron chi connectivity index (χ1n) is 18.2. The molecule has 56 heavy (non-hydrogen) atoms. The highest BCUT2D eigenvalue weighted by atomic mass is 32.2. The Bertz CT molecular complexity index is 2200. The van der Waals surface area contributed by atoms with Gasteiger partial charge in [0.15, 0.2) is 11.5 Å². The minimum absolute atomic E-state index is 0.0189. The number of para-hydroxylation sites is 1. The number of piperazine rings is 1. The highest BCUT2D eigenvalue weighted by molar-refractivity contribution is 7.89. The second-order valence-corrected chi connectivity index (χ2v) is 15.0. The third-order valence-electron chi connectivity index (χ3n) is 9.34. The summed E-state index contributed by atoms with van der Waals surface area (Å²) in [6, 6.07) is 19.2. The summed E-state index contributed by atoms with van der Waals surface area (Å²) < 4.78 is 28.5. The Balaban J connectivity index is 0.900. The number of nitrogen functional groups attached to an aromatic ring is 1. The van der Waals surface area contributed by atoms with E-state index in [9.17, 15) is 32.4 Å². The molecule has 2 fully saturated rings. The SMILES string of the molecule is Nc1ncc(-c2ccc(S(=O)(=O)NCCCCCC(=O)N3CCN(c4cccc(C(=O)NC5CCC(=O)NC5=O)n4)CC3)cc2)nc1C(=O)Nc1ccccc1. The van der Waals surface area contributed by atoms with Crippen LogP contribution in [0.2, 0.25) is 0 Å². The maximum absolute atomic E-state index is 13.0. The Hall–Kier alpha value is -6.27. The second-order valence-electron chi connectivity index (χ2n) is 13.3. The maximum Gasteiger partial charge on any atom is 0.278 e. The van der Waals surface area contributed by atoms with E-state index < -0.39 is 33.8 Å². The lowest BCUT2D eigenvalue weighted by molar-refractivity contribution is -0.134. The molecule has 1 unspecified atom stereocenters. The van der Waals surface area contributed by atoms with E-state index in [1.807, 2.05) is 11.0 Å². The Morgan fingerprint density at radius 1 is 0.857 bits per heavy atom. The summed E-state index contributed by atoms with van der Waals surface area (Å²) in [6.45, 7) is 2.24. The van der Waals surface area contributed by atoms with E-state index in [0.717, 1.165) is 0 Å². The van der Waals surface area contributed by atoms with Gasteiger partial charge in [-0.1, -0.05) is 42.8 Å². The molecule has 6 N–H and O–H groups in total. The van der Waals surface area contributed by atoms with E-state index >= 15 is 0 Å². The topological polar surface area (TPSA) is 239 Å². The number of carbonyl (C=O) groups excluding carboxylic acids is 5. The van der Waals surface area contributed by atoms with Gasteiger partial charge in [-0.3, -0.25) is 29.3 Å². The zero-order valence-electron chi connectivity index (χ0n) is 30.4. The average Bonchev–Trinajstić information content (AvgIpc) is 3.21. The van der Waals surface area contributed by atoms with E-state index in [0.29, 0.717) is 74.6 Å². The van der Waals surface area contributed by atoms with Gasteiger partial charge in [0, 0.05) is 56.8 Å². The van der Waals surface area contributed by atoms with Gasteiger partial charge >= 0.3 is 0 Å². The Labute approximate surface area is 323 Å². The first kappa shape index (κ1) is 39.4. The molecule has 2 aromatic carbocycles. The van der Waals surface area contributed by atoms with Crippen LogP contribution in [-0.4, -0.2) is 96.6 Å². The number of pyridine rings is 1. The van der Waals surface area contributed by atoms with Crippen molar-refractivity contribution in [2.75, 3.05) is 48.7 Å². The molecule has 2 aromatic heterocycles. The van der Waals surface area contributed by atoms with Crippen molar-refractivity contribution in [3.63, 3.8) is 0 Å². The van der Waals surface area contributed by atoms with E-state index in [4.69, 9.17) is 5.73 Å². The molecule has 4 heterocycles. The number of nitrogens with zero attached hydrogens (tertiary/aromatic N) is 5. The Kier molecular flexibility index (Phi) is 12.6. The molecule has 2 saturated heterocycles. The first-order valence-corrected chi connectivity index (χ1v) is 19.7. The summed E-state index contributed by atoms with van der Waals surface area (Å²) in [5.41, 5.74) is 7.49. The predicted molar refractivity (Wildman–Crippen MR) is 207 cm³/mol. The van der Waals surface area contributed by atoms with Crippen molar-refractivity contribution in [3.05, 3.63) is 90.4 Å². The average molecular weight is 783 g/mol. The van der Waals surface area contributed by atoms with Gasteiger partial charge < -0.3 is 26.2 Å². The van der Waals surface area contributed by atoms with Crippen LogP contribution in [-0.2, 0) is 24.4 Å². The van der Waals surface area contributed by atoms with Crippen LogP contribution in [0.5, 0.6) is 0 Å². The molecule has 5 amide bonds. The molecule has 4 aromatic rings. The van der Waals surface area contributed by atoms with E-state index in [-0.39, 0.29) is 53.3 Å². The van der Waals surface area contributed by atoms with E-state index in [1.165, 1.54) is 18.3 Å². The number of carbonyl (C=O) groups is 5. The monoisotopic (exact) mass is 782 g/mol. The zero-order valence-corrected chi connectivity index (χ0v) is 31.3. The number of nitrogens with two attached hydrogens (primary N) is 1. The number of sulfonamides is 1. The number of aromatic nitrogens is 3. The van der Waals surface area contributed by atoms with Crippen molar-refractivity contribution < 1.29 is 32.4 Å². The number of hydrogen-bond acceptors (Lipinski definition) is 12. The molecule has 0 spiro atoms. The molecule has 1 atom stereocenters. The standard InChI is InChI=1S/C38H42N10O7S/c39-35-34(38(53)42-26-8-3-1-4-9-26)44-30(24-40-35)25-13-15-27(16-14-25)56(54,55)41-19-6-2-5-12-33(50)48-22-20-47(21-23-48)31-11-7-10-28(43-31)36(51)45-29-17-18-32(49)46-37(29)52/h1,3-4,7-11,13-16,24,29,41H,2,5-6,12,17-23H2,(H2,39,40)(H,42,53)(H,45,51)(H,46,49,52). The van der Waals surface area contributed by atoms with Gasteiger partial charge in [0.05, 0.1) is 16.8 Å². The van der Waals surface area contributed by atoms with Crippen LogP contribution in [0.15, 0.2) is 83.9 Å². The summed E-state index contributed by atoms with van der Waals surface area (Å²) >= 11 is 0. The zero-order chi connectivity index (χ0) is 39.7. The quantitative estimate of drug-likeness (QED) is 0.0913. The summed E-state index contributed by atoms with van der Waals surface area (Å²) in [4.78, 5) is 78.7. The maximum atomic E-state index is 13.0. The van der Waals surface area contributed by atoms with Gasteiger partial charge in [-0.05, 0) is 55.7 Å². The lowest BCUT2D eigenvalue weighted by Crippen LogP contribution is -2.52. The second kappa shape index (κ2) is 17.9. The van der Waals surface area contributed by atoms with Crippen LogP contribution < -0.4 is 31.3 Å². The van der Waals surface area contributed by atoms with Crippen LogP contribution in [0.4, 0.5) is 17.3 Å². The molecule has 2 aliphatic heterocycles. The Morgan fingerprint density at radius 3 is 2.34 bits per heavy atom. The van der Waals surface area contributed by atoms with Crippen molar-refractivity contribution >= 4 is 56.9 Å². The van der Waals surface area contributed by atoms with Gasteiger partial charge in [-0.2, -0.15) is 0 Å². The van der Waals surface area contributed by atoms with Crippen LogP contribution in [0.3, 0.4) is 0 Å². The minimum Gasteiger partial charge on any atom is -0.382 e. The molecule has 0 saturated carbocycles. The normalized spacial score (nSPS) is 15.9. The number of imide groups is 1. The molecule has 17 nitrogen and oxygen atoms in total. The highest BCUT2D eigenvalue weighted by Crippen LogP contribution is 2.22. The molecule has 6 rings (SSSR count). The fourth-order valence-electron chi connectivity index (χ4n) is 6.22. The third-order valence-corrected chi connectivity index (χ3v) is 10.8. The summed E-state index contributed by atoms with van der Waals surface area (Å²) in [5.74, 6) is -1.36. The summed E-state index contributed by atoms with van der Waals surface area (Å²) in [6.07, 6.45) is 3.94. The highest BCUT2D eigenvalue weighted by Gasteiger charge is 2.29. The van der Waals surface area contributed by atoms with Crippen molar-refractivity contribution in [3.8, 4) is 11.3 Å². The fourth-order valence-corrected chi connectivity index (χ4v) is 7.30. The number of rotatable bonds is 14. The van der Waals surface area contributed by atoms with Gasteiger partial charge in [0.25, 0.3) is 11.8 Å². The van der Waals surface area contributed by atoms with Crippen LogP contribution in [0.1, 0.15) is 59.5 Å². The van der Waals surface area contributed by atoms with E-state index in [2.05, 4.69) is 35.6 Å². The smallest absolute Gasteiger partial charge is 0.278 e. The molecule has 0 bridgehead atoms. The van der Waals surface area contributed by atoms with Gasteiger partial charge in [0.1, 0.15) is 17.6 Å². The minimum atomic E-state index is -3.79. The number of hydrogen-bond donors (Lipinski definition) is 5. The lowest BCUT2D eigenvalue weighted by Gasteiger charge is -2.35. The number of nitrogens with one attached hydrogen (secondary N) is 4. The van der Waals surface area contributed by atoms with Gasteiger partial charge in [0.2, 0.25) is 27.7 Å². The van der Waals surface area contributed by atoms with Crippen molar-refractivity contribution in [2.24, 2.45) is 0 Å². The molecular weight excluding hydrogens is 741 g/mol. The van der Waals surface area contributed by atoms with E-state index in [1.54, 1.807) is 59.5 Å². The largest absolute Gasteiger partial charge is 0.382 e. The lowest BCUT2D eigenvalue weighted by atomic mass is 10.1. The molecular formula is C38H42N10O7S. The number of amides is 5. The summed E-state index contributed by atoms with van der Waals surface area (Å²) in [7, 11) is -3.79. The van der Waals surface area contributed by atoms with Crippen molar-refractivity contribution in [2.45, 2.75) is 49.5 Å².